The number of halogens is 3. The van der Waals surface area contributed by atoms with E-state index in [0.717, 1.165) is 0 Å². The van der Waals surface area contributed by atoms with Gasteiger partial charge in [0.05, 0.1) is 10.0 Å². The molecule has 1 aromatic carbocycles. The molecule has 0 N–H and O–H groups in total. The molecular weight excluding hydrogens is 270 g/mol. The Morgan fingerprint density at radius 3 is 2.50 bits per heavy atom. The van der Waals surface area contributed by atoms with E-state index in [4.69, 9.17) is 39.5 Å². The first-order valence-corrected chi connectivity index (χ1v) is 5.40. The smallest absolute Gasteiger partial charge is 0.225 e. The Morgan fingerprint density at radius 1 is 1.00 bits per heavy atom. The first-order valence-electron chi connectivity index (χ1n) is 4.26. The number of nitrogens with zero attached hydrogens (tertiary/aromatic N) is 2. The van der Waals surface area contributed by atoms with Crippen LogP contribution in [0.3, 0.4) is 0 Å². The number of hydrogen-bond acceptors (Lipinski definition) is 3. The summed E-state index contributed by atoms with van der Waals surface area (Å²) in [6.07, 6.45) is 1.50. The molecule has 0 radical (unpaired) electrons. The Morgan fingerprint density at radius 2 is 1.81 bits per heavy atom. The van der Waals surface area contributed by atoms with Gasteiger partial charge in [-0.1, -0.05) is 23.2 Å². The summed E-state index contributed by atoms with van der Waals surface area (Å²) in [6, 6.07) is 6.51. The quantitative estimate of drug-likeness (QED) is 0.769. The summed E-state index contributed by atoms with van der Waals surface area (Å²) in [7, 11) is 0. The van der Waals surface area contributed by atoms with Crippen LogP contribution in [0.1, 0.15) is 0 Å². The van der Waals surface area contributed by atoms with Gasteiger partial charge >= 0.3 is 0 Å². The first kappa shape index (κ1) is 11.5. The van der Waals surface area contributed by atoms with Gasteiger partial charge in [0.2, 0.25) is 11.2 Å². The molecule has 0 aliphatic heterocycles. The maximum Gasteiger partial charge on any atom is 0.225 e. The molecule has 16 heavy (non-hydrogen) atoms. The van der Waals surface area contributed by atoms with Gasteiger partial charge in [0.25, 0.3) is 0 Å². The highest BCUT2D eigenvalue weighted by atomic mass is 35.5. The van der Waals surface area contributed by atoms with Crippen LogP contribution in [0.5, 0.6) is 11.6 Å². The molecule has 2 aromatic rings. The van der Waals surface area contributed by atoms with Crippen molar-refractivity contribution in [3.63, 3.8) is 0 Å². The second kappa shape index (κ2) is 4.87. The lowest BCUT2D eigenvalue weighted by Gasteiger charge is -2.05. The van der Waals surface area contributed by atoms with Crippen molar-refractivity contribution in [2.75, 3.05) is 0 Å². The predicted octanol–water partition coefficient (Wildman–Crippen LogP) is 4.23. The molecule has 0 spiro atoms. The Labute approximate surface area is 107 Å². The van der Waals surface area contributed by atoms with E-state index in [1.807, 2.05) is 0 Å². The fraction of sp³-hybridized carbons (Fsp3) is 0. The molecular formula is C10H5Cl3N2O. The summed E-state index contributed by atoms with van der Waals surface area (Å²) in [5, 5.41) is 1.01. The van der Waals surface area contributed by atoms with Crippen LogP contribution in [-0.4, -0.2) is 9.97 Å². The Bertz CT molecular complexity index is 519. The van der Waals surface area contributed by atoms with Gasteiger partial charge in [-0.3, -0.25) is 0 Å². The van der Waals surface area contributed by atoms with Crippen molar-refractivity contribution in [3.05, 3.63) is 45.8 Å². The van der Waals surface area contributed by atoms with Crippen LogP contribution in [-0.2, 0) is 0 Å². The molecule has 0 aliphatic rings. The van der Waals surface area contributed by atoms with Gasteiger partial charge in [-0.2, -0.15) is 4.98 Å². The maximum atomic E-state index is 5.84. The molecule has 82 valence electrons. The fourth-order valence-corrected chi connectivity index (χ4v) is 1.47. The lowest BCUT2D eigenvalue weighted by Crippen LogP contribution is -1.89. The van der Waals surface area contributed by atoms with Gasteiger partial charge < -0.3 is 4.74 Å². The molecule has 1 heterocycles. The maximum absolute atomic E-state index is 5.84. The molecule has 0 saturated carbocycles. The van der Waals surface area contributed by atoms with Gasteiger partial charge in [0.1, 0.15) is 5.75 Å². The summed E-state index contributed by atoms with van der Waals surface area (Å²) in [6.45, 7) is 0. The van der Waals surface area contributed by atoms with E-state index >= 15 is 0 Å². The minimum atomic E-state index is 0.123. The fourth-order valence-electron chi connectivity index (χ4n) is 1.04. The van der Waals surface area contributed by atoms with E-state index in [2.05, 4.69) is 9.97 Å². The van der Waals surface area contributed by atoms with Gasteiger partial charge in [-0.05, 0) is 23.7 Å². The topological polar surface area (TPSA) is 35.0 Å². The van der Waals surface area contributed by atoms with Gasteiger partial charge in [0.15, 0.2) is 0 Å². The SMILES string of the molecule is Clc1nccc(Oc2ccc(Cl)c(Cl)c2)n1. The van der Waals surface area contributed by atoms with Crippen molar-refractivity contribution in [1.82, 2.24) is 9.97 Å². The number of ether oxygens (including phenoxy) is 1. The van der Waals surface area contributed by atoms with Crippen molar-refractivity contribution >= 4 is 34.8 Å². The van der Waals surface area contributed by atoms with Crippen LogP contribution < -0.4 is 4.74 Å². The Kier molecular flexibility index (Phi) is 3.49. The van der Waals surface area contributed by atoms with Crippen molar-refractivity contribution in [3.8, 4) is 11.6 Å². The Hall–Kier alpha value is -1.03. The highest BCUT2D eigenvalue weighted by Crippen LogP contribution is 2.28. The molecule has 6 heteroatoms. The van der Waals surface area contributed by atoms with Crippen LogP contribution in [0.4, 0.5) is 0 Å². The molecule has 2 rings (SSSR count). The summed E-state index contributed by atoms with van der Waals surface area (Å²) in [5.74, 6) is 0.877. The Balaban J connectivity index is 2.24. The normalized spacial score (nSPS) is 10.2. The number of hydrogen-bond donors (Lipinski definition) is 0. The van der Waals surface area contributed by atoms with Crippen LogP contribution in [0, 0.1) is 0 Å². The van der Waals surface area contributed by atoms with Crippen molar-refractivity contribution in [1.29, 1.82) is 0 Å². The third-order valence-electron chi connectivity index (χ3n) is 1.71. The second-order valence-corrected chi connectivity index (χ2v) is 3.99. The molecule has 0 aliphatic carbocycles. The standard InChI is InChI=1S/C10H5Cl3N2O/c11-7-2-1-6(5-8(7)12)16-9-3-4-14-10(13)15-9/h1-5H. The van der Waals surface area contributed by atoms with Gasteiger partial charge in [-0.25, -0.2) is 4.98 Å². The zero-order valence-corrected chi connectivity index (χ0v) is 10.1. The molecule has 3 nitrogen and oxygen atoms in total. The lowest BCUT2D eigenvalue weighted by atomic mass is 10.3. The van der Waals surface area contributed by atoms with E-state index in [-0.39, 0.29) is 5.28 Å². The zero-order chi connectivity index (χ0) is 11.5. The molecule has 0 atom stereocenters. The second-order valence-electron chi connectivity index (χ2n) is 2.84. The van der Waals surface area contributed by atoms with Crippen molar-refractivity contribution in [2.24, 2.45) is 0 Å². The third kappa shape index (κ3) is 2.76. The summed E-state index contributed by atoms with van der Waals surface area (Å²) in [5.41, 5.74) is 0. The molecule has 0 amide bonds. The zero-order valence-electron chi connectivity index (χ0n) is 7.82. The highest BCUT2D eigenvalue weighted by molar-refractivity contribution is 6.42. The minimum Gasteiger partial charge on any atom is -0.439 e. The molecule has 0 fully saturated rings. The van der Waals surface area contributed by atoms with Crippen LogP contribution in [0.25, 0.3) is 0 Å². The summed E-state index contributed by atoms with van der Waals surface area (Å²) < 4.78 is 5.42. The van der Waals surface area contributed by atoms with Crippen LogP contribution >= 0.6 is 34.8 Å². The third-order valence-corrected chi connectivity index (χ3v) is 2.64. The van der Waals surface area contributed by atoms with E-state index < -0.39 is 0 Å². The summed E-state index contributed by atoms with van der Waals surface area (Å²) >= 11 is 17.2. The number of benzene rings is 1. The van der Waals surface area contributed by atoms with Crippen molar-refractivity contribution in [2.45, 2.75) is 0 Å². The first-order chi connectivity index (χ1) is 7.65. The lowest BCUT2D eigenvalue weighted by molar-refractivity contribution is 0.461. The van der Waals surface area contributed by atoms with Crippen LogP contribution in [0.15, 0.2) is 30.5 Å². The van der Waals surface area contributed by atoms with E-state index in [0.29, 0.717) is 21.7 Å². The van der Waals surface area contributed by atoms with Crippen LogP contribution in [0.2, 0.25) is 15.3 Å². The molecule has 0 bridgehead atoms. The van der Waals surface area contributed by atoms with Gasteiger partial charge in [-0.15, -0.1) is 0 Å². The molecule has 1 aromatic heterocycles. The number of rotatable bonds is 2. The average Bonchev–Trinajstić information content (AvgIpc) is 2.24. The van der Waals surface area contributed by atoms with Gasteiger partial charge in [0, 0.05) is 18.3 Å². The molecule has 0 unspecified atom stereocenters. The minimum absolute atomic E-state index is 0.123. The van der Waals surface area contributed by atoms with Crippen molar-refractivity contribution < 1.29 is 4.74 Å². The molecule has 0 saturated heterocycles. The number of aromatic nitrogens is 2. The van der Waals surface area contributed by atoms with E-state index in [9.17, 15) is 0 Å². The largest absolute Gasteiger partial charge is 0.439 e. The monoisotopic (exact) mass is 274 g/mol. The van der Waals surface area contributed by atoms with E-state index in [1.165, 1.54) is 6.20 Å². The predicted molar refractivity (Wildman–Crippen MR) is 63.6 cm³/mol. The summed E-state index contributed by atoms with van der Waals surface area (Å²) in [4.78, 5) is 7.62. The van der Waals surface area contributed by atoms with E-state index in [1.54, 1.807) is 24.3 Å². The highest BCUT2D eigenvalue weighted by Gasteiger charge is 2.03. The average molecular weight is 276 g/mol.